The van der Waals surface area contributed by atoms with Crippen LogP contribution in [0.2, 0.25) is 0 Å². The normalized spacial score (nSPS) is 10.3. The lowest BCUT2D eigenvalue weighted by Crippen LogP contribution is -2.14. The van der Waals surface area contributed by atoms with Crippen LogP contribution in [0, 0.1) is 0 Å². The molecule has 0 amide bonds. The van der Waals surface area contributed by atoms with Gasteiger partial charge in [0.25, 0.3) is 0 Å². The molecule has 29 heavy (non-hydrogen) atoms. The summed E-state index contributed by atoms with van der Waals surface area (Å²) in [6.45, 7) is 11.9. The molecule has 0 atom stereocenters. The minimum absolute atomic E-state index is 0.0936. The number of ether oxygens (including phenoxy) is 2. The molecule has 0 saturated carbocycles. The highest BCUT2D eigenvalue weighted by molar-refractivity contribution is 5.93. The van der Waals surface area contributed by atoms with Crippen LogP contribution in [0.1, 0.15) is 96.3 Å². The molecule has 0 saturated heterocycles. The largest absolute Gasteiger partial charge is 0.465 e. The van der Waals surface area contributed by atoms with Crippen LogP contribution in [-0.4, -0.2) is 25.2 Å². The molecule has 0 aliphatic rings. The van der Waals surface area contributed by atoms with E-state index in [4.69, 9.17) is 9.47 Å². The first-order valence-electron chi connectivity index (χ1n) is 11.3. The molecule has 4 nitrogen and oxygen atoms in total. The van der Waals surface area contributed by atoms with Gasteiger partial charge >= 0.3 is 11.9 Å². The standard InChI is InChI=1S/C25H42O4/c1-4-6-8-10-12-14-16-18-20-28-24(26)22-23(3)25(27)29-21-19-17-15-13-11-9-7-5-2/h4-5H,1-3,6-22H2. The monoisotopic (exact) mass is 406 g/mol. The lowest BCUT2D eigenvalue weighted by molar-refractivity contribution is -0.146. The summed E-state index contributed by atoms with van der Waals surface area (Å²) < 4.78 is 10.4. The summed E-state index contributed by atoms with van der Waals surface area (Å²) in [6, 6.07) is 0. The van der Waals surface area contributed by atoms with Crippen molar-refractivity contribution < 1.29 is 19.1 Å². The van der Waals surface area contributed by atoms with Crippen molar-refractivity contribution in [2.45, 2.75) is 96.3 Å². The van der Waals surface area contributed by atoms with Gasteiger partial charge in [0.15, 0.2) is 0 Å². The van der Waals surface area contributed by atoms with Gasteiger partial charge in [0.05, 0.1) is 19.6 Å². The van der Waals surface area contributed by atoms with Gasteiger partial charge in [0.2, 0.25) is 0 Å². The van der Waals surface area contributed by atoms with Gasteiger partial charge in [-0.15, -0.1) is 13.2 Å². The third kappa shape index (κ3) is 19.3. The van der Waals surface area contributed by atoms with Gasteiger partial charge in [-0.2, -0.15) is 0 Å². The Hall–Kier alpha value is -1.84. The quantitative estimate of drug-likeness (QED) is 0.0905. The number of hydrogen-bond acceptors (Lipinski definition) is 4. The van der Waals surface area contributed by atoms with E-state index in [1.165, 1.54) is 38.5 Å². The van der Waals surface area contributed by atoms with Crippen LogP contribution in [-0.2, 0) is 19.1 Å². The zero-order chi connectivity index (χ0) is 21.6. The number of carbonyl (C=O) groups is 2. The van der Waals surface area contributed by atoms with E-state index in [2.05, 4.69) is 19.7 Å². The molecular formula is C25H42O4. The molecule has 0 aliphatic carbocycles. The maximum atomic E-state index is 11.9. The van der Waals surface area contributed by atoms with Crippen molar-refractivity contribution in [2.75, 3.05) is 13.2 Å². The van der Waals surface area contributed by atoms with Crippen LogP contribution >= 0.6 is 0 Å². The van der Waals surface area contributed by atoms with Crippen molar-refractivity contribution in [3.05, 3.63) is 37.5 Å². The van der Waals surface area contributed by atoms with Gasteiger partial charge in [-0.25, -0.2) is 4.79 Å². The Morgan fingerprint density at radius 2 is 1.03 bits per heavy atom. The highest BCUT2D eigenvalue weighted by Crippen LogP contribution is 2.10. The van der Waals surface area contributed by atoms with Crippen molar-refractivity contribution >= 4 is 11.9 Å². The molecule has 0 N–H and O–H groups in total. The van der Waals surface area contributed by atoms with Crippen molar-refractivity contribution in [3.63, 3.8) is 0 Å². The predicted octanol–water partition coefficient (Wildman–Crippen LogP) is 6.85. The van der Waals surface area contributed by atoms with Gasteiger partial charge in [0.1, 0.15) is 0 Å². The van der Waals surface area contributed by atoms with Crippen LogP contribution in [0.25, 0.3) is 0 Å². The molecule has 0 heterocycles. The Labute approximate surface area is 178 Å². The molecule has 0 rings (SSSR count). The molecule has 0 radical (unpaired) electrons. The van der Waals surface area contributed by atoms with Crippen LogP contribution < -0.4 is 0 Å². The molecule has 0 aromatic heterocycles. The molecule has 4 heteroatoms. The topological polar surface area (TPSA) is 52.6 Å². The molecule has 0 fully saturated rings. The minimum atomic E-state index is -0.493. The van der Waals surface area contributed by atoms with E-state index in [0.29, 0.717) is 13.2 Å². The van der Waals surface area contributed by atoms with E-state index in [0.717, 1.165) is 51.4 Å². The summed E-state index contributed by atoms with van der Waals surface area (Å²) in [5.74, 6) is -0.898. The number of unbranched alkanes of at least 4 members (excludes halogenated alkanes) is 12. The summed E-state index contributed by atoms with van der Waals surface area (Å²) in [6.07, 6.45) is 19.4. The van der Waals surface area contributed by atoms with Crippen LogP contribution in [0.5, 0.6) is 0 Å². The molecule has 0 aliphatic heterocycles. The second-order valence-electron chi connectivity index (χ2n) is 7.53. The fourth-order valence-electron chi connectivity index (χ4n) is 2.95. The number of esters is 2. The zero-order valence-electron chi connectivity index (χ0n) is 18.4. The lowest BCUT2D eigenvalue weighted by atomic mass is 10.1. The first-order chi connectivity index (χ1) is 14.1. The van der Waals surface area contributed by atoms with Crippen LogP contribution in [0.3, 0.4) is 0 Å². The fourth-order valence-corrected chi connectivity index (χ4v) is 2.95. The van der Waals surface area contributed by atoms with Crippen molar-refractivity contribution in [1.82, 2.24) is 0 Å². The fraction of sp³-hybridized carbons (Fsp3) is 0.680. The highest BCUT2D eigenvalue weighted by Gasteiger charge is 2.14. The molecule has 0 aromatic carbocycles. The number of carbonyl (C=O) groups excluding carboxylic acids is 2. The van der Waals surface area contributed by atoms with E-state index in [1.807, 2.05) is 12.2 Å². The number of rotatable bonds is 21. The number of allylic oxidation sites excluding steroid dienone is 2. The smallest absolute Gasteiger partial charge is 0.333 e. The maximum Gasteiger partial charge on any atom is 0.333 e. The van der Waals surface area contributed by atoms with Crippen molar-refractivity contribution in [1.29, 1.82) is 0 Å². The first-order valence-corrected chi connectivity index (χ1v) is 11.3. The molecule has 0 unspecified atom stereocenters. The predicted molar refractivity (Wildman–Crippen MR) is 121 cm³/mol. The second-order valence-corrected chi connectivity index (χ2v) is 7.53. The van der Waals surface area contributed by atoms with E-state index in [1.54, 1.807) is 0 Å². The van der Waals surface area contributed by atoms with E-state index < -0.39 is 11.9 Å². The van der Waals surface area contributed by atoms with E-state index in [9.17, 15) is 9.59 Å². The second kappa shape index (κ2) is 20.9. The molecule has 166 valence electrons. The van der Waals surface area contributed by atoms with Gasteiger partial charge in [-0.1, -0.05) is 70.1 Å². The molecule has 0 bridgehead atoms. The lowest BCUT2D eigenvalue weighted by Gasteiger charge is -2.08. The average Bonchev–Trinajstić information content (AvgIpc) is 2.71. The van der Waals surface area contributed by atoms with Gasteiger partial charge in [-0.3, -0.25) is 4.79 Å². The Morgan fingerprint density at radius 1 is 0.621 bits per heavy atom. The highest BCUT2D eigenvalue weighted by atomic mass is 16.5. The maximum absolute atomic E-state index is 11.9. The van der Waals surface area contributed by atoms with Gasteiger partial charge in [0, 0.05) is 5.57 Å². The Morgan fingerprint density at radius 3 is 1.52 bits per heavy atom. The third-order valence-electron chi connectivity index (χ3n) is 4.75. The molecular weight excluding hydrogens is 364 g/mol. The Bertz CT molecular complexity index is 467. The summed E-state index contributed by atoms with van der Waals surface area (Å²) in [5, 5.41) is 0. The molecule has 0 spiro atoms. The summed E-state index contributed by atoms with van der Waals surface area (Å²) in [7, 11) is 0. The van der Waals surface area contributed by atoms with E-state index in [-0.39, 0.29) is 12.0 Å². The number of hydrogen-bond donors (Lipinski definition) is 0. The summed E-state index contributed by atoms with van der Waals surface area (Å²) in [5.41, 5.74) is 0.168. The van der Waals surface area contributed by atoms with Crippen molar-refractivity contribution in [2.24, 2.45) is 0 Å². The third-order valence-corrected chi connectivity index (χ3v) is 4.75. The van der Waals surface area contributed by atoms with E-state index >= 15 is 0 Å². The first kappa shape index (κ1) is 27.2. The van der Waals surface area contributed by atoms with Crippen LogP contribution in [0.4, 0.5) is 0 Å². The zero-order valence-corrected chi connectivity index (χ0v) is 18.4. The Kier molecular flexibility index (Phi) is 19.6. The minimum Gasteiger partial charge on any atom is -0.465 e. The Balaban J connectivity index is 3.54. The summed E-state index contributed by atoms with van der Waals surface area (Å²) in [4.78, 5) is 23.6. The van der Waals surface area contributed by atoms with Crippen LogP contribution in [0.15, 0.2) is 37.5 Å². The SMILES string of the molecule is C=CCCCCCCCCOC(=O)CC(=C)C(=O)OCCCCCCCCC=C. The van der Waals surface area contributed by atoms with Crippen molar-refractivity contribution in [3.8, 4) is 0 Å². The average molecular weight is 407 g/mol. The molecule has 0 aromatic rings. The van der Waals surface area contributed by atoms with Gasteiger partial charge < -0.3 is 9.47 Å². The summed E-state index contributed by atoms with van der Waals surface area (Å²) >= 11 is 0. The van der Waals surface area contributed by atoms with Gasteiger partial charge in [-0.05, 0) is 38.5 Å².